The van der Waals surface area contributed by atoms with Crippen LogP contribution in [0.5, 0.6) is 0 Å². The Bertz CT molecular complexity index is 1000. The molecule has 0 aliphatic carbocycles. The number of hydrogen-bond donors (Lipinski definition) is 0. The molecule has 0 unspecified atom stereocenters. The van der Waals surface area contributed by atoms with Gasteiger partial charge in [0, 0.05) is 24.2 Å². The Morgan fingerprint density at radius 2 is 1.50 bits per heavy atom. The van der Waals surface area contributed by atoms with Gasteiger partial charge in [0.15, 0.2) is 0 Å². The summed E-state index contributed by atoms with van der Waals surface area (Å²) in [4.78, 5) is 14.5. The maximum atomic E-state index is 12.5. The molecule has 1 aliphatic heterocycles. The van der Waals surface area contributed by atoms with Gasteiger partial charge < -0.3 is 4.90 Å². The summed E-state index contributed by atoms with van der Waals surface area (Å²) in [6.07, 6.45) is 6.62. The van der Waals surface area contributed by atoms with Crippen LogP contribution in [0.4, 0.5) is 0 Å². The number of nitrogens with zero attached hydrogens (tertiary/aromatic N) is 1. The maximum Gasteiger partial charge on any atom is 0.246 e. The highest BCUT2D eigenvalue weighted by atomic mass is 35.5. The average Bonchev–Trinajstić information content (AvgIpc) is 2.80. The Labute approximate surface area is 183 Å². The molecule has 1 aliphatic rings. The number of carbonyl (C=O) groups is 1. The van der Waals surface area contributed by atoms with Crippen molar-refractivity contribution in [2.75, 3.05) is 13.1 Å². The zero-order valence-corrected chi connectivity index (χ0v) is 17.8. The van der Waals surface area contributed by atoms with Crippen molar-refractivity contribution < 1.29 is 4.79 Å². The first kappa shape index (κ1) is 20.4. The summed E-state index contributed by atoms with van der Waals surface area (Å²) in [5, 5.41) is 0.665. The van der Waals surface area contributed by atoms with Crippen LogP contribution < -0.4 is 0 Å². The van der Waals surface area contributed by atoms with E-state index in [0.717, 1.165) is 37.9 Å². The molecule has 1 amide bonds. The zero-order valence-electron chi connectivity index (χ0n) is 17.0. The number of carbonyl (C=O) groups excluding carboxylic acids is 1. The highest BCUT2D eigenvalue weighted by molar-refractivity contribution is 6.32. The molecule has 1 saturated heterocycles. The summed E-state index contributed by atoms with van der Waals surface area (Å²) in [7, 11) is 0. The van der Waals surface area contributed by atoms with Crippen LogP contribution in [-0.4, -0.2) is 23.9 Å². The van der Waals surface area contributed by atoms with Gasteiger partial charge in [0.1, 0.15) is 0 Å². The minimum atomic E-state index is 0.0700. The zero-order chi connectivity index (χ0) is 20.8. The maximum absolute atomic E-state index is 12.5. The largest absolute Gasteiger partial charge is 0.339 e. The van der Waals surface area contributed by atoms with Crippen LogP contribution in [0.15, 0.2) is 84.9 Å². The fourth-order valence-corrected chi connectivity index (χ4v) is 4.23. The van der Waals surface area contributed by atoms with Gasteiger partial charge in [-0.1, -0.05) is 84.4 Å². The summed E-state index contributed by atoms with van der Waals surface area (Å²) >= 11 is 6.16. The van der Waals surface area contributed by atoms with Gasteiger partial charge >= 0.3 is 0 Å². The number of amides is 1. The monoisotopic (exact) mass is 415 g/mol. The summed E-state index contributed by atoms with van der Waals surface area (Å²) in [5.74, 6) is 0.699. The highest BCUT2D eigenvalue weighted by Crippen LogP contribution is 2.25. The molecule has 2 nitrogen and oxygen atoms in total. The molecule has 0 spiro atoms. The van der Waals surface area contributed by atoms with E-state index in [2.05, 4.69) is 48.5 Å². The minimum absolute atomic E-state index is 0.0700. The molecule has 0 atom stereocenters. The molecule has 3 aromatic rings. The Kier molecular flexibility index (Phi) is 6.66. The third-order valence-corrected chi connectivity index (χ3v) is 6.17. The Morgan fingerprint density at radius 1 is 0.867 bits per heavy atom. The van der Waals surface area contributed by atoms with E-state index < -0.39 is 0 Å². The van der Waals surface area contributed by atoms with E-state index in [9.17, 15) is 4.79 Å². The normalized spacial score (nSPS) is 14.9. The molecular formula is C27H26ClNO. The van der Waals surface area contributed by atoms with Crippen LogP contribution in [0.2, 0.25) is 5.02 Å². The van der Waals surface area contributed by atoms with Crippen LogP contribution in [0.3, 0.4) is 0 Å². The second kappa shape index (κ2) is 9.77. The van der Waals surface area contributed by atoms with Crippen LogP contribution in [0, 0.1) is 5.92 Å². The number of piperidine rings is 1. The van der Waals surface area contributed by atoms with Crippen molar-refractivity contribution in [1.29, 1.82) is 0 Å². The second-order valence-corrected chi connectivity index (χ2v) is 8.30. The number of rotatable bonds is 5. The molecule has 4 rings (SSSR count). The molecule has 152 valence electrons. The fraction of sp³-hybridized carbons (Fsp3) is 0.222. The topological polar surface area (TPSA) is 20.3 Å². The van der Waals surface area contributed by atoms with E-state index in [-0.39, 0.29) is 5.91 Å². The first-order valence-electron chi connectivity index (χ1n) is 10.5. The Hall–Kier alpha value is -2.84. The van der Waals surface area contributed by atoms with Crippen molar-refractivity contribution >= 4 is 23.6 Å². The lowest BCUT2D eigenvalue weighted by atomic mass is 9.89. The van der Waals surface area contributed by atoms with E-state index in [1.807, 2.05) is 41.3 Å². The van der Waals surface area contributed by atoms with Crippen molar-refractivity contribution in [2.24, 2.45) is 5.92 Å². The van der Waals surface area contributed by atoms with E-state index in [0.29, 0.717) is 10.9 Å². The van der Waals surface area contributed by atoms with Gasteiger partial charge in [-0.05, 0) is 59.6 Å². The van der Waals surface area contributed by atoms with Crippen LogP contribution in [-0.2, 0) is 11.2 Å². The van der Waals surface area contributed by atoms with Gasteiger partial charge in [-0.25, -0.2) is 0 Å². The summed E-state index contributed by atoms with van der Waals surface area (Å²) < 4.78 is 0. The molecule has 1 heterocycles. The van der Waals surface area contributed by atoms with Gasteiger partial charge in [-0.3, -0.25) is 4.79 Å². The average molecular weight is 416 g/mol. The van der Waals surface area contributed by atoms with Gasteiger partial charge in [0.25, 0.3) is 0 Å². The molecule has 0 saturated carbocycles. The van der Waals surface area contributed by atoms with Crippen LogP contribution in [0.25, 0.3) is 17.2 Å². The van der Waals surface area contributed by atoms with Crippen molar-refractivity contribution in [2.45, 2.75) is 19.3 Å². The summed E-state index contributed by atoms with van der Waals surface area (Å²) in [6, 6.07) is 26.9. The predicted octanol–water partition coefficient (Wildman–Crippen LogP) is 6.50. The third-order valence-electron chi connectivity index (χ3n) is 5.82. The first-order chi connectivity index (χ1) is 14.7. The molecule has 0 N–H and O–H groups in total. The van der Waals surface area contributed by atoms with E-state index >= 15 is 0 Å². The van der Waals surface area contributed by atoms with Gasteiger partial charge in [-0.2, -0.15) is 0 Å². The van der Waals surface area contributed by atoms with E-state index in [1.54, 1.807) is 6.08 Å². The van der Waals surface area contributed by atoms with Gasteiger partial charge in [0.2, 0.25) is 5.91 Å². The SMILES string of the molecule is O=C(/C=C/c1ccccc1Cl)N1CCC(Cc2ccc(-c3ccccc3)cc2)CC1. The minimum Gasteiger partial charge on any atom is -0.339 e. The number of hydrogen-bond acceptors (Lipinski definition) is 1. The Morgan fingerprint density at radius 3 is 2.20 bits per heavy atom. The lowest BCUT2D eigenvalue weighted by Crippen LogP contribution is -2.37. The van der Waals surface area contributed by atoms with Gasteiger partial charge in [0.05, 0.1) is 0 Å². The fourth-order valence-electron chi connectivity index (χ4n) is 4.03. The summed E-state index contributed by atoms with van der Waals surface area (Å²) in [5.41, 5.74) is 4.75. The third kappa shape index (κ3) is 5.20. The van der Waals surface area contributed by atoms with Crippen molar-refractivity contribution in [3.8, 4) is 11.1 Å². The van der Waals surface area contributed by atoms with E-state index in [1.165, 1.54) is 16.7 Å². The molecule has 0 aromatic heterocycles. The van der Waals surface area contributed by atoms with Crippen molar-refractivity contribution in [1.82, 2.24) is 4.90 Å². The molecule has 1 fully saturated rings. The molecule has 0 radical (unpaired) electrons. The van der Waals surface area contributed by atoms with Crippen LogP contribution >= 0.6 is 11.6 Å². The van der Waals surface area contributed by atoms with Crippen molar-refractivity contribution in [3.05, 3.63) is 101 Å². The number of halogens is 1. The molecule has 3 heteroatoms. The Balaban J connectivity index is 1.28. The van der Waals surface area contributed by atoms with Crippen molar-refractivity contribution in [3.63, 3.8) is 0 Å². The van der Waals surface area contributed by atoms with E-state index in [4.69, 9.17) is 11.6 Å². The molecular weight excluding hydrogens is 390 g/mol. The smallest absolute Gasteiger partial charge is 0.246 e. The predicted molar refractivity (Wildman–Crippen MR) is 125 cm³/mol. The highest BCUT2D eigenvalue weighted by Gasteiger charge is 2.21. The first-order valence-corrected chi connectivity index (χ1v) is 10.9. The lowest BCUT2D eigenvalue weighted by Gasteiger charge is -2.31. The standard InChI is InChI=1S/C27H26ClNO/c28-26-9-5-4-8-25(26)14-15-27(30)29-18-16-22(17-19-29)20-21-10-12-24(13-11-21)23-6-2-1-3-7-23/h1-15,22H,16-20H2/b15-14+. The second-order valence-electron chi connectivity index (χ2n) is 7.89. The quantitative estimate of drug-likeness (QED) is 0.435. The summed E-state index contributed by atoms with van der Waals surface area (Å²) in [6.45, 7) is 1.64. The number of likely N-dealkylation sites (tertiary alicyclic amines) is 1. The molecule has 0 bridgehead atoms. The number of benzene rings is 3. The van der Waals surface area contributed by atoms with Crippen LogP contribution in [0.1, 0.15) is 24.0 Å². The van der Waals surface area contributed by atoms with Gasteiger partial charge in [-0.15, -0.1) is 0 Å². The molecule has 30 heavy (non-hydrogen) atoms. The lowest BCUT2D eigenvalue weighted by molar-refractivity contribution is -0.127. The molecule has 3 aromatic carbocycles.